The normalized spacial score (nSPS) is 13.9. The number of hydrogen-bond donors (Lipinski definition) is 2. The van der Waals surface area contributed by atoms with E-state index >= 15 is 0 Å². The fourth-order valence-electron chi connectivity index (χ4n) is 2.00. The minimum absolute atomic E-state index is 0.0300. The molecule has 9 nitrogen and oxygen atoms in total. The van der Waals surface area contributed by atoms with E-state index in [4.69, 9.17) is 9.47 Å². The van der Waals surface area contributed by atoms with E-state index in [0.29, 0.717) is 0 Å². The van der Waals surface area contributed by atoms with Crippen molar-refractivity contribution in [2.24, 2.45) is 0 Å². The second-order valence-electron chi connectivity index (χ2n) is 4.88. The Morgan fingerprint density at radius 3 is 2.16 bits per heavy atom. The zero-order chi connectivity index (χ0) is 18.8. The van der Waals surface area contributed by atoms with Gasteiger partial charge in [0.1, 0.15) is 12.7 Å². The molecule has 0 fully saturated rings. The number of methoxy groups -OCH3 is 3. The van der Waals surface area contributed by atoms with E-state index in [9.17, 15) is 19.5 Å². The number of carbonyl (C=O) groups excluding carboxylic acids is 3. The smallest absolute Gasteiger partial charge is 0.408 e. The number of ether oxygens (including phenoxy) is 4. The lowest BCUT2D eigenvalue weighted by atomic mass is 10.1. The number of hydrogen-bond acceptors (Lipinski definition) is 8. The van der Waals surface area contributed by atoms with Gasteiger partial charge in [0.15, 0.2) is 12.1 Å². The van der Waals surface area contributed by atoms with Crippen molar-refractivity contribution in [3.8, 4) is 0 Å². The Balaban J connectivity index is 2.78. The molecule has 0 heterocycles. The van der Waals surface area contributed by atoms with Gasteiger partial charge in [-0.1, -0.05) is 30.3 Å². The van der Waals surface area contributed by atoms with Gasteiger partial charge in [-0.15, -0.1) is 0 Å². The van der Waals surface area contributed by atoms with E-state index in [0.717, 1.165) is 26.9 Å². The molecule has 0 saturated heterocycles. The molecule has 0 saturated carbocycles. The van der Waals surface area contributed by atoms with Gasteiger partial charge in [0.2, 0.25) is 0 Å². The summed E-state index contributed by atoms with van der Waals surface area (Å²) in [5.41, 5.74) is 0.741. The first kappa shape index (κ1) is 20.4. The third-order valence-corrected chi connectivity index (χ3v) is 3.30. The highest BCUT2D eigenvalue weighted by Gasteiger charge is 2.40. The molecule has 0 spiro atoms. The molecule has 25 heavy (non-hydrogen) atoms. The first-order chi connectivity index (χ1) is 11.9. The van der Waals surface area contributed by atoms with Gasteiger partial charge in [-0.3, -0.25) is 0 Å². The second kappa shape index (κ2) is 10.3. The van der Waals surface area contributed by atoms with E-state index in [-0.39, 0.29) is 6.61 Å². The average Bonchev–Trinajstić information content (AvgIpc) is 2.65. The number of amides is 1. The Labute approximate surface area is 144 Å². The van der Waals surface area contributed by atoms with Gasteiger partial charge in [0, 0.05) is 7.11 Å². The molecule has 0 aliphatic rings. The lowest BCUT2D eigenvalue weighted by Crippen LogP contribution is -2.56. The fraction of sp³-hybridized carbons (Fsp3) is 0.438. The van der Waals surface area contributed by atoms with Gasteiger partial charge in [-0.05, 0) is 5.56 Å². The van der Waals surface area contributed by atoms with Crippen molar-refractivity contribution in [1.82, 2.24) is 5.32 Å². The van der Waals surface area contributed by atoms with Gasteiger partial charge in [0.05, 0.1) is 14.2 Å². The van der Waals surface area contributed by atoms with Crippen molar-refractivity contribution in [3.05, 3.63) is 35.9 Å². The minimum atomic E-state index is -1.81. The maximum atomic E-state index is 11.9. The number of esters is 2. The van der Waals surface area contributed by atoms with Crippen LogP contribution in [0.4, 0.5) is 4.79 Å². The van der Waals surface area contributed by atoms with Crippen LogP contribution in [-0.4, -0.2) is 62.7 Å². The summed E-state index contributed by atoms with van der Waals surface area (Å²) in [6, 6.07) is 7.40. The van der Waals surface area contributed by atoms with Crippen molar-refractivity contribution < 1.29 is 38.4 Å². The van der Waals surface area contributed by atoms with Crippen LogP contribution >= 0.6 is 0 Å². The number of benzene rings is 1. The van der Waals surface area contributed by atoms with Crippen LogP contribution in [0.3, 0.4) is 0 Å². The summed E-state index contributed by atoms with van der Waals surface area (Å²) >= 11 is 0. The van der Waals surface area contributed by atoms with Crippen molar-refractivity contribution in [2.75, 3.05) is 21.3 Å². The maximum absolute atomic E-state index is 11.9. The van der Waals surface area contributed by atoms with Crippen LogP contribution < -0.4 is 5.32 Å². The third kappa shape index (κ3) is 6.05. The number of alkyl carbamates (subject to hydrolysis) is 1. The quantitative estimate of drug-likeness (QED) is 0.494. The van der Waals surface area contributed by atoms with E-state index in [1.807, 2.05) is 6.07 Å². The fourth-order valence-corrected chi connectivity index (χ4v) is 2.00. The summed E-state index contributed by atoms with van der Waals surface area (Å²) in [5, 5.41) is 12.1. The monoisotopic (exact) mass is 355 g/mol. The van der Waals surface area contributed by atoms with Crippen LogP contribution in [0.15, 0.2) is 30.3 Å². The molecule has 9 heteroatoms. The molecule has 3 atom stereocenters. The summed E-state index contributed by atoms with van der Waals surface area (Å²) in [7, 11) is 3.31. The molecule has 1 rings (SSSR count). The van der Waals surface area contributed by atoms with Crippen molar-refractivity contribution in [3.63, 3.8) is 0 Å². The van der Waals surface area contributed by atoms with Crippen LogP contribution in [-0.2, 0) is 35.1 Å². The van der Waals surface area contributed by atoms with Crippen molar-refractivity contribution in [2.45, 2.75) is 24.9 Å². The van der Waals surface area contributed by atoms with E-state index in [2.05, 4.69) is 14.8 Å². The van der Waals surface area contributed by atoms with Gasteiger partial charge < -0.3 is 29.4 Å². The van der Waals surface area contributed by atoms with Crippen LogP contribution in [0.5, 0.6) is 0 Å². The summed E-state index contributed by atoms with van der Waals surface area (Å²) < 4.78 is 18.9. The maximum Gasteiger partial charge on any atom is 0.408 e. The highest BCUT2D eigenvalue weighted by molar-refractivity contribution is 5.84. The molecule has 138 valence electrons. The molecule has 2 N–H and O–H groups in total. The zero-order valence-electron chi connectivity index (χ0n) is 14.1. The first-order valence-corrected chi connectivity index (χ1v) is 7.28. The van der Waals surface area contributed by atoms with Gasteiger partial charge in [-0.25, -0.2) is 14.4 Å². The molecule has 1 aromatic carbocycles. The first-order valence-electron chi connectivity index (χ1n) is 7.28. The van der Waals surface area contributed by atoms with Gasteiger partial charge in [-0.2, -0.15) is 0 Å². The van der Waals surface area contributed by atoms with E-state index in [1.165, 1.54) is 0 Å². The number of carbonyl (C=O) groups is 3. The van der Waals surface area contributed by atoms with Crippen molar-refractivity contribution in [1.29, 1.82) is 0 Å². The number of nitrogens with one attached hydrogen (secondary N) is 1. The lowest BCUT2D eigenvalue weighted by Gasteiger charge is -2.27. The Morgan fingerprint density at radius 2 is 1.64 bits per heavy atom. The highest BCUT2D eigenvalue weighted by atomic mass is 16.6. The standard InChI is InChI=1S/C16H21NO8/c1-22-13(12(18)15(20)24-3)11(14(19)23-2)17-16(21)25-9-10-7-5-4-6-8-10/h4-8,11-13,18H,9H2,1-3H3,(H,17,21)/t11-,12-,13-/m0/s1. The number of aliphatic hydroxyl groups is 1. The predicted octanol–water partition coefficient (Wildman–Crippen LogP) is 0.00330. The second-order valence-corrected chi connectivity index (χ2v) is 4.88. The summed E-state index contributed by atoms with van der Waals surface area (Å²) in [6.45, 7) is -0.0300. The molecular formula is C16H21NO8. The largest absolute Gasteiger partial charge is 0.467 e. The summed E-state index contributed by atoms with van der Waals surface area (Å²) in [4.78, 5) is 35.3. The van der Waals surface area contributed by atoms with Gasteiger partial charge >= 0.3 is 18.0 Å². The Hall–Kier alpha value is -2.65. The molecule has 0 unspecified atom stereocenters. The SMILES string of the molecule is COC(=O)[C@@H](O)[C@@H](OC)[C@H](NC(=O)OCc1ccccc1)C(=O)OC. The molecule has 1 aromatic rings. The summed E-state index contributed by atoms with van der Waals surface area (Å²) in [5.74, 6) is -1.95. The molecular weight excluding hydrogens is 334 g/mol. The third-order valence-electron chi connectivity index (χ3n) is 3.30. The van der Waals surface area contributed by atoms with Crippen LogP contribution in [0, 0.1) is 0 Å². The van der Waals surface area contributed by atoms with Gasteiger partial charge in [0.25, 0.3) is 0 Å². The Bertz CT molecular complexity index is 577. The molecule has 0 bridgehead atoms. The predicted molar refractivity (Wildman–Crippen MR) is 84.4 cm³/mol. The minimum Gasteiger partial charge on any atom is -0.467 e. The van der Waals surface area contributed by atoms with E-state index < -0.39 is 36.3 Å². The van der Waals surface area contributed by atoms with Crippen LogP contribution in [0.1, 0.15) is 5.56 Å². The van der Waals surface area contributed by atoms with Crippen molar-refractivity contribution >= 4 is 18.0 Å². The molecule has 0 aliphatic carbocycles. The molecule has 0 aliphatic heterocycles. The molecule has 0 aromatic heterocycles. The zero-order valence-corrected chi connectivity index (χ0v) is 14.1. The molecule has 0 radical (unpaired) electrons. The number of rotatable bonds is 8. The number of aliphatic hydroxyl groups excluding tert-OH is 1. The average molecular weight is 355 g/mol. The van der Waals surface area contributed by atoms with Crippen LogP contribution in [0.2, 0.25) is 0 Å². The highest BCUT2D eigenvalue weighted by Crippen LogP contribution is 2.09. The topological polar surface area (TPSA) is 120 Å². The van der Waals surface area contributed by atoms with E-state index in [1.54, 1.807) is 24.3 Å². The van der Waals surface area contributed by atoms with Crippen LogP contribution in [0.25, 0.3) is 0 Å². The summed E-state index contributed by atoms with van der Waals surface area (Å²) in [6.07, 6.45) is -4.18. The molecule has 1 amide bonds. The Kier molecular flexibility index (Phi) is 8.37. The Morgan fingerprint density at radius 1 is 1.04 bits per heavy atom. The lowest BCUT2D eigenvalue weighted by molar-refractivity contribution is -0.164.